The van der Waals surface area contributed by atoms with Gasteiger partial charge in [0.1, 0.15) is 0 Å². The van der Waals surface area contributed by atoms with E-state index in [9.17, 15) is 4.79 Å². The first-order chi connectivity index (χ1) is 10.3. The fourth-order valence-electron chi connectivity index (χ4n) is 3.10. The number of aromatic nitrogens is 1. The maximum absolute atomic E-state index is 12.1. The highest BCUT2D eigenvalue weighted by atomic mass is 16.1. The number of hydrogen-bond donors (Lipinski definition) is 0. The van der Waals surface area contributed by atoms with Crippen molar-refractivity contribution >= 4 is 5.78 Å². The largest absolute Gasteiger partial charge is 0.337 e. The van der Waals surface area contributed by atoms with Crippen LogP contribution in [0.25, 0.3) is 22.4 Å². The Hall–Kier alpha value is -2.61. The van der Waals surface area contributed by atoms with Gasteiger partial charge in [-0.2, -0.15) is 0 Å². The van der Waals surface area contributed by atoms with E-state index < -0.39 is 0 Å². The number of benzene rings is 2. The molecule has 0 amide bonds. The van der Waals surface area contributed by atoms with Gasteiger partial charge in [-0.3, -0.25) is 4.79 Å². The molecule has 1 aliphatic rings. The van der Waals surface area contributed by atoms with Gasteiger partial charge >= 0.3 is 0 Å². The van der Waals surface area contributed by atoms with Crippen LogP contribution in [0.5, 0.6) is 0 Å². The first-order valence-corrected chi connectivity index (χ1v) is 7.22. The normalized spacial score (nSPS) is 13.4. The van der Waals surface area contributed by atoms with Crippen LogP contribution in [0.3, 0.4) is 0 Å². The number of ketones is 1. The molecule has 0 saturated heterocycles. The van der Waals surface area contributed by atoms with Crippen LogP contribution in [0, 0.1) is 0 Å². The lowest BCUT2D eigenvalue weighted by Crippen LogP contribution is -1.96. The highest BCUT2D eigenvalue weighted by molar-refractivity contribution is 6.01. The molecule has 2 aromatic carbocycles. The lowest BCUT2D eigenvalue weighted by Gasteiger charge is -2.09. The van der Waals surface area contributed by atoms with Crippen molar-refractivity contribution in [1.29, 1.82) is 0 Å². The van der Waals surface area contributed by atoms with Crippen molar-refractivity contribution in [3.63, 3.8) is 0 Å². The zero-order chi connectivity index (χ0) is 14.2. The van der Waals surface area contributed by atoms with Gasteiger partial charge in [0.05, 0.1) is 11.4 Å². The Labute approximate surface area is 123 Å². The summed E-state index contributed by atoms with van der Waals surface area (Å²) >= 11 is 0. The summed E-state index contributed by atoms with van der Waals surface area (Å²) in [6.07, 6.45) is 0.615. The van der Waals surface area contributed by atoms with Crippen molar-refractivity contribution in [2.75, 3.05) is 0 Å². The van der Waals surface area contributed by atoms with Gasteiger partial charge in [0, 0.05) is 18.5 Å². The molecule has 2 heterocycles. The SMILES string of the molecule is O=C1CCn2c1cc(-c1ccccc1)c2-c1ccccc1. The average Bonchev–Trinajstić information content (AvgIpc) is 3.09. The first kappa shape index (κ1) is 12.2. The summed E-state index contributed by atoms with van der Waals surface area (Å²) in [5.41, 5.74) is 5.46. The third kappa shape index (κ3) is 1.91. The van der Waals surface area contributed by atoms with Gasteiger partial charge in [0.25, 0.3) is 0 Å². The van der Waals surface area contributed by atoms with Crippen molar-refractivity contribution in [1.82, 2.24) is 4.57 Å². The molecule has 0 unspecified atom stereocenters. The fraction of sp³-hybridized carbons (Fsp3) is 0.105. The fourth-order valence-corrected chi connectivity index (χ4v) is 3.10. The second-order valence-electron chi connectivity index (χ2n) is 5.35. The van der Waals surface area contributed by atoms with E-state index >= 15 is 0 Å². The molecule has 21 heavy (non-hydrogen) atoms. The van der Waals surface area contributed by atoms with Crippen molar-refractivity contribution < 1.29 is 4.79 Å². The van der Waals surface area contributed by atoms with Crippen LogP contribution in [-0.4, -0.2) is 10.4 Å². The number of Topliss-reactive ketones (excluding diaryl/α,β-unsaturated/α-hetero) is 1. The van der Waals surface area contributed by atoms with Gasteiger partial charge in [-0.05, 0) is 17.2 Å². The van der Waals surface area contributed by atoms with Crippen molar-refractivity contribution in [2.45, 2.75) is 13.0 Å². The van der Waals surface area contributed by atoms with E-state index in [-0.39, 0.29) is 5.78 Å². The minimum absolute atomic E-state index is 0.245. The molecule has 0 N–H and O–H groups in total. The van der Waals surface area contributed by atoms with Crippen LogP contribution in [0.15, 0.2) is 66.7 Å². The van der Waals surface area contributed by atoms with Gasteiger partial charge in [0.2, 0.25) is 0 Å². The van der Waals surface area contributed by atoms with Gasteiger partial charge in [0.15, 0.2) is 5.78 Å². The third-order valence-corrected chi connectivity index (χ3v) is 4.08. The van der Waals surface area contributed by atoms with E-state index in [1.165, 1.54) is 0 Å². The Bertz CT molecular complexity index is 800. The van der Waals surface area contributed by atoms with Gasteiger partial charge < -0.3 is 4.57 Å². The van der Waals surface area contributed by atoms with Crippen molar-refractivity contribution in [3.8, 4) is 22.4 Å². The maximum atomic E-state index is 12.1. The van der Waals surface area contributed by atoms with Crippen LogP contribution in [0.4, 0.5) is 0 Å². The Balaban J connectivity index is 2.00. The minimum atomic E-state index is 0.245. The number of carbonyl (C=O) groups excluding carboxylic acids is 1. The molecule has 0 aliphatic carbocycles. The highest BCUT2D eigenvalue weighted by Crippen LogP contribution is 2.37. The summed E-state index contributed by atoms with van der Waals surface area (Å²) < 4.78 is 2.17. The summed E-state index contributed by atoms with van der Waals surface area (Å²) in [6, 6.07) is 22.7. The van der Waals surface area contributed by atoms with Crippen LogP contribution >= 0.6 is 0 Å². The molecule has 2 heteroatoms. The molecule has 2 nitrogen and oxygen atoms in total. The van der Waals surface area contributed by atoms with E-state index in [2.05, 4.69) is 28.8 Å². The lowest BCUT2D eigenvalue weighted by atomic mass is 10.0. The number of carbonyl (C=O) groups is 1. The van der Waals surface area contributed by atoms with E-state index in [0.29, 0.717) is 6.42 Å². The summed E-state index contributed by atoms with van der Waals surface area (Å²) in [5.74, 6) is 0.245. The second kappa shape index (κ2) is 4.74. The number of nitrogens with zero attached hydrogens (tertiary/aromatic N) is 1. The van der Waals surface area contributed by atoms with Crippen LogP contribution in [-0.2, 0) is 6.54 Å². The van der Waals surface area contributed by atoms with Gasteiger partial charge in [-0.1, -0.05) is 60.7 Å². The Morgan fingerprint density at radius 3 is 2.10 bits per heavy atom. The van der Waals surface area contributed by atoms with Gasteiger partial charge in [-0.15, -0.1) is 0 Å². The molecule has 1 aliphatic heterocycles. The van der Waals surface area contributed by atoms with Crippen LogP contribution in [0.2, 0.25) is 0 Å². The first-order valence-electron chi connectivity index (χ1n) is 7.22. The minimum Gasteiger partial charge on any atom is -0.337 e. The number of hydrogen-bond acceptors (Lipinski definition) is 1. The Morgan fingerprint density at radius 1 is 0.810 bits per heavy atom. The molecule has 0 spiro atoms. The van der Waals surface area contributed by atoms with E-state index in [4.69, 9.17) is 0 Å². The smallest absolute Gasteiger partial charge is 0.181 e. The van der Waals surface area contributed by atoms with E-state index in [1.54, 1.807) is 0 Å². The molecule has 3 aromatic rings. The maximum Gasteiger partial charge on any atom is 0.181 e. The zero-order valence-corrected chi connectivity index (χ0v) is 11.6. The molecule has 1 aromatic heterocycles. The summed E-state index contributed by atoms with van der Waals surface area (Å²) in [6.45, 7) is 0.783. The quantitative estimate of drug-likeness (QED) is 0.678. The van der Waals surface area contributed by atoms with Crippen molar-refractivity contribution in [3.05, 3.63) is 72.4 Å². The molecule has 0 fully saturated rings. The molecule has 102 valence electrons. The topological polar surface area (TPSA) is 22.0 Å². The van der Waals surface area contributed by atoms with Crippen LogP contribution in [0.1, 0.15) is 16.9 Å². The molecule has 0 radical (unpaired) electrons. The second-order valence-corrected chi connectivity index (χ2v) is 5.35. The zero-order valence-electron chi connectivity index (χ0n) is 11.6. The molecule has 4 rings (SSSR count). The van der Waals surface area contributed by atoms with Crippen molar-refractivity contribution in [2.24, 2.45) is 0 Å². The molecule has 0 bridgehead atoms. The third-order valence-electron chi connectivity index (χ3n) is 4.08. The Kier molecular flexibility index (Phi) is 2.74. The number of rotatable bonds is 2. The summed E-state index contributed by atoms with van der Waals surface area (Å²) in [7, 11) is 0. The highest BCUT2D eigenvalue weighted by Gasteiger charge is 2.26. The standard InChI is InChI=1S/C19H15NO/c21-18-11-12-20-17(18)13-16(14-7-3-1-4-8-14)19(20)15-9-5-2-6-10-15/h1-10,13H,11-12H2. The van der Waals surface area contributed by atoms with E-state index in [0.717, 1.165) is 34.6 Å². The Morgan fingerprint density at radius 2 is 1.43 bits per heavy atom. The summed E-state index contributed by atoms with van der Waals surface area (Å²) in [4.78, 5) is 12.1. The molecular weight excluding hydrogens is 258 g/mol. The monoisotopic (exact) mass is 273 g/mol. The lowest BCUT2D eigenvalue weighted by molar-refractivity contribution is 0.0994. The molecular formula is C19H15NO. The molecule has 0 atom stereocenters. The average molecular weight is 273 g/mol. The predicted molar refractivity (Wildman–Crippen MR) is 84.3 cm³/mol. The van der Waals surface area contributed by atoms with Gasteiger partial charge in [-0.25, -0.2) is 0 Å². The predicted octanol–water partition coefficient (Wildman–Crippen LogP) is 4.41. The number of fused-ring (bicyclic) bond motifs is 1. The summed E-state index contributed by atoms with van der Waals surface area (Å²) in [5, 5.41) is 0. The van der Waals surface area contributed by atoms with Crippen LogP contribution < -0.4 is 0 Å². The molecule has 0 saturated carbocycles. The van der Waals surface area contributed by atoms with E-state index in [1.807, 2.05) is 42.5 Å².